The van der Waals surface area contributed by atoms with E-state index in [9.17, 15) is 15.2 Å². The van der Waals surface area contributed by atoms with Crippen molar-refractivity contribution in [3.8, 4) is 0 Å². The second-order valence-corrected chi connectivity index (χ2v) is 5.64. The van der Waals surface area contributed by atoms with Crippen LogP contribution in [0.15, 0.2) is 30.6 Å². The summed E-state index contributed by atoms with van der Waals surface area (Å²) in [5.41, 5.74) is 0.930. The van der Waals surface area contributed by atoms with E-state index >= 15 is 0 Å². The highest BCUT2D eigenvalue weighted by atomic mass is 16.6. The fourth-order valence-corrected chi connectivity index (χ4v) is 2.30. The van der Waals surface area contributed by atoms with Crippen LogP contribution in [0.4, 0.5) is 11.4 Å². The van der Waals surface area contributed by atoms with Crippen LogP contribution in [0, 0.1) is 10.1 Å². The first-order valence-corrected chi connectivity index (χ1v) is 7.21. The summed E-state index contributed by atoms with van der Waals surface area (Å²) in [6.45, 7) is 2.42. The predicted molar refractivity (Wildman–Crippen MR) is 87.1 cm³/mol. The maximum absolute atomic E-state index is 11.0. The quantitative estimate of drug-likeness (QED) is 0.526. The predicted octanol–water partition coefficient (Wildman–Crippen LogP) is 1.37. The van der Waals surface area contributed by atoms with Crippen molar-refractivity contribution < 1.29 is 10.0 Å². The van der Waals surface area contributed by atoms with Crippen LogP contribution in [0.25, 0.3) is 0 Å². The Bertz CT molecular complexity index is 696. The molecule has 0 fully saturated rings. The highest BCUT2D eigenvalue weighted by Gasteiger charge is 2.24. The highest BCUT2D eigenvalue weighted by molar-refractivity contribution is 5.62. The van der Waals surface area contributed by atoms with E-state index in [0.717, 1.165) is 5.56 Å². The summed E-state index contributed by atoms with van der Waals surface area (Å²) in [6.07, 6.45) is 3.38. The average molecular weight is 319 g/mol. The van der Waals surface area contributed by atoms with E-state index in [-0.39, 0.29) is 5.69 Å². The largest absolute Gasteiger partial charge is 0.384 e. The summed E-state index contributed by atoms with van der Waals surface area (Å²) in [5.74, 6) is 0. The van der Waals surface area contributed by atoms with E-state index in [1.54, 1.807) is 44.2 Å². The Hall–Kier alpha value is -2.45. The number of aromatic nitrogens is 2. The summed E-state index contributed by atoms with van der Waals surface area (Å²) >= 11 is 0. The Kier molecular flexibility index (Phi) is 4.97. The van der Waals surface area contributed by atoms with Crippen molar-refractivity contribution in [3.63, 3.8) is 0 Å². The maximum Gasteiger partial charge on any atom is 0.292 e. The van der Waals surface area contributed by atoms with Gasteiger partial charge < -0.3 is 15.7 Å². The molecule has 1 aromatic heterocycles. The van der Waals surface area contributed by atoms with Gasteiger partial charge in [0.15, 0.2) is 0 Å². The Labute approximate surface area is 134 Å². The molecule has 0 saturated heterocycles. The topological polar surface area (TPSA) is 105 Å². The number of rotatable bonds is 7. The molecule has 0 aliphatic carbocycles. The molecule has 0 aliphatic heterocycles. The van der Waals surface area contributed by atoms with Gasteiger partial charge in [-0.1, -0.05) is 6.07 Å². The first kappa shape index (κ1) is 16.9. The molecular weight excluding hydrogens is 298 g/mol. The molecule has 2 rings (SSSR count). The molecule has 0 radical (unpaired) electrons. The van der Waals surface area contributed by atoms with Gasteiger partial charge in [0.1, 0.15) is 11.3 Å². The SMILES string of the molecule is CNc1ccc(CNCC(C)(O)c2cnn(C)c2)cc1[N+](=O)[O-]. The van der Waals surface area contributed by atoms with Gasteiger partial charge in [-0.3, -0.25) is 14.8 Å². The second kappa shape index (κ2) is 6.76. The number of aryl methyl sites for hydroxylation is 1. The van der Waals surface area contributed by atoms with Gasteiger partial charge in [-0.2, -0.15) is 5.10 Å². The van der Waals surface area contributed by atoms with E-state index in [0.29, 0.717) is 24.3 Å². The molecule has 8 heteroatoms. The number of benzene rings is 1. The Morgan fingerprint density at radius 3 is 2.78 bits per heavy atom. The lowest BCUT2D eigenvalue weighted by molar-refractivity contribution is -0.384. The minimum Gasteiger partial charge on any atom is -0.384 e. The molecule has 1 unspecified atom stereocenters. The van der Waals surface area contributed by atoms with Crippen LogP contribution < -0.4 is 10.6 Å². The summed E-state index contributed by atoms with van der Waals surface area (Å²) in [5, 5.41) is 31.5. The van der Waals surface area contributed by atoms with Crippen molar-refractivity contribution in [2.24, 2.45) is 7.05 Å². The lowest BCUT2D eigenvalue weighted by atomic mass is 9.99. The smallest absolute Gasteiger partial charge is 0.292 e. The van der Waals surface area contributed by atoms with Crippen LogP contribution in [0.5, 0.6) is 0 Å². The van der Waals surface area contributed by atoms with Crippen LogP contribution in [0.2, 0.25) is 0 Å². The fourth-order valence-electron chi connectivity index (χ4n) is 2.30. The highest BCUT2D eigenvalue weighted by Crippen LogP contribution is 2.25. The molecule has 23 heavy (non-hydrogen) atoms. The zero-order valence-electron chi connectivity index (χ0n) is 13.4. The summed E-state index contributed by atoms with van der Waals surface area (Å²) in [6, 6.07) is 5.01. The van der Waals surface area contributed by atoms with E-state index < -0.39 is 10.5 Å². The first-order valence-electron chi connectivity index (χ1n) is 7.21. The lowest BCUT2D eigenvalue weighted by Gasteiger charge is -2.22. The van der Waals surface area contributed by atoms with E-state index in [4.69, 9.17) is 0 Å². The molecule has 0 aliphatic rings. The lowest BCUT2D eigenvalue weighted by Crippen LogP contribution is -2.34. The molecule has 3 N–H and O–H groups in total. The van der Waals surface area contributed by atoms with Crippen molar-refractivity contribution in [2.75, 3.05) is 18.9 Å². The number of nitrogens with one attached hydrogen (secondary N) is 2. The van der Waals surface area contributed by atoms with Crippen molar-refractivity contribution in [1.29, 1.82) is 0 Å². The second-order valence-electron chi connectivity index (χ2n) is 5.64. The third kappa shape index (κ3) is 4.05. The maximum atomic E-state index is 11.0. The van der Waals surface area contributed by atoms with Crippen LogP contribution in [0.1, 0.15) is 18.1 Å². The summed E-state index contributed by atoms with van der Waals surface area (Å²) in [7, 11) is 3.43. The van der Waals surface area contributed by atoms with E-state index in [2.05, 4.69) is 15.7 Å². The van der Waals surface area contributed by atoms with Crippen LogP contribution in [0.3, 0.4) is 0 Å². The standard InChI is InChI=1S/C15H21N5O3/c1-15(21,12-8-18-19(3)9-12)10-17-7-11-4-5-13(16-2)14(6-11)20(22)23/h4-6,8-9,16-17,21H,7,10H2,1-3H3. The molecule has 1 atom stereocenters. The normalized spacial score (nSPS) is 13.6. The third-order valence-corrected chi connectivity index (χ3v) is 3.65. The van der Waals surface area contributed by atoms with E-state index in [1.165, 1.54) is 6.07 Å². The van der Waals surface area contributed by atoms with Crippen molar-refractivity contribution >= 4 is 11.4 Å². The molecule has 8 nitrogen and oxygen atoms in total. The zero-order valence-corrected chi connectivity index (χ0v) is 13.4. The van der Waals surface area contributed by atoms with E-state index in [1.807, 2.05) is 6.07 Å². The fraction of sp³-hybridized carbons (Fsp3) is 0.400. The van der Waals surface area contributed by atoms with Gasteiger partial charge in [-0.15, -0.1) is 0 Å². The number of nitro groups is 1. The van der Waals surface area contributed by atoms with Gasteiger partial charge in [-0.05, 0) is 18.6 Å². The molecule has 0 bridgehead atoms. The number of hydrogen-bond donors (Lipinski definition) is 3. The molecular formula is C15H21N5O3. The van der Waals surface area contributed by atoms with Gasteiger partial charge in [0.2, 0.25) is 0 Å². The zero-order chi connectivity index (χ0) is 17.0. The summed E-state index contributed by atoms with van der Waals surface area (Å²) < 4.78 is 1.63. The monoisotopic (exact) mass is 319 g/mol. The molecule has 1 heterocycles. The average Bonchev–Trinajstić information content (AvgIpc) is 2.94. The molecule has 2 aromatic rings. The van der Waals surface area contributed by atoms with Crippen molar-refractivity contribution in [1.82, 2.24) is 15.1 Å². The first-order chi connectivity index (χ1) is 10.8. The van der Waals surface area contributed by atoms with Crippen LogP contribution in [-0.2, 0) is 19.2 Å². The minimum atomic E-state index is -1.06. The van der Waals surface area contributed by atoms with Gasteiger partial charge in [0.05, 0.1) is 11.1 Å². The van der Waals surface area contributed by atoms with Crippen molar-refractivity contribution in [2.45, 2.75) is 19.1 Å². The Balaban J connectivity index is 2.01. The van der Waals surface area contributed by atoms with Gasteiger partial charge in [0.25, 0.3) is 5.69 Å². The molecule has 0 amide bonds. The number of anilines is 1. The number of aliphatic hydroxyl groups is 1. The van der Waals surface area contributed by atoms with Gasteiger partial charge in [0, 0.05) is 45.0 Å². The third-order valence-electron chi connectivity index (χ3n) is 3.65. The number of nitrogens with zero attached hydrogens (tertiary/aromatic N) is 3. The van der Waals surface area contributed by atoms with Gasteiger partial charge in [-0.25, -0.2) is 0 Å². The molecule has 1 aromatic carbocycles. The Morgan fingerprint density at radius 1 is 1.48 bits per heavy atom. The van der Waals surface area contributed by atoms with Gasteiger partial charge >= 0.3 is 0 Å². The molecule has 124 valence electrons. The summed E-state index contributed by atoms with van der Waals surface area (Å²) in [4.78, 5) is 10.6. The van der Waals surface area contributed by atoms with Crippen LogP contribution in [-0.4, -0.2) is 33.4 Å². The van der Waals surface area contributed by atoms with Crippen molar-refractivity contribution in [3.05, 3.63) is 51.8 Å². The molecule has 0 saturated carbocycles. The Morgan fingerprint density at radius 2 is 2.22 bits per heavy atom. The van der Waals surface area contributed by atoms with Crippen LogP contribution >= 0.6 is 0 Å². The number of nitro benzene ring substituents is 1. The molecule has 0 spiro atoms. The number of hydrogen-bond acceptors (Lipinski definition) is 6. The minimum absolute atomic E-state index is 0.0332.